The minimum atomic E-state index is -4.94. The van der Waals surface area contributed by atoms with Crippen LogP contribution in [-0.4, -0.2) is 96.7 Å². The number of unbranched alkanes of at least 4 members (excludes halogenated alkanes) is 24. The van der Waals surface area contributed by atoms with Crippen LogP contribution in [0.1, 0.15) is 299 Å². The maximum absolute atomic E-state index is 13.0. The molecular weight excluding hydrogens is 1090 g/mol. The first-order valence-corrected chi connectivity index (χ1v) is 35.8. The second-order valence-corrected chi connectivity index (χ2v) is 27.1. The van der Waals surface area contributed by atoms with Gasteiger partial charge in [-0.15, -0.1) is 0 Å². The molecule has 3 N–H and O–H groups in total. The summed E-state index contributed by atoms with van der Waals surface area (Å²) in [6, 6.07) is 0. The van der Waals surface area contributed by atoms with Crippen molar-refractivity contribution in [2.24, 2.45) is 23.7 Å². The van der Waals surface area contributed by atoms with Gasteiger partial charge < -0.3 is 33.8 Å². The van der Waals surface area contributed by atoms with Gasteiger partial charge in [-0.05, 0) is 49.4 Å². The molecule has 0 amide bonds. The van der Waals surface area contributed by atoms with E-state index < -0.39 is 97.5 Å². The van der Waals surface area contributed by atoms with E-state index in [9.17, 15) is 43.2 Å². The second kappa shape index (κ2) is 53.3. The molecule has 0 heterocycles. The molecule has 19 heteroatoms. The molecule has 4 unspecified atom stereocenters. The van der Waals surface area contributed by atoms with E-state index in [1.165, 1.54) is 96.3 Å². The minimum Gasteiger partial charge on any atom is -0.462 e. The summed E-state index contributed by atoms with van der Waals surface area (Å²) in [7, 11) is -9.89. The monoisotopic (exact) mass is 1210 g/mol. The molecule has 0 saturated heterocycles. The number of carbonyl (C=O) groups is 4. The van der Waals surface area contributed by atoms with Gasteiger partial charge in [-0.2, -0.15) is 0 Å². The van der Waals surface area contributed by atoms with Crippen molar-refractivity contribution in [1.82, 2.24) is 0 Å². The smallest absolute Gasteiger partial charge is 0.462 e. The lowest BCUT2D eigenvalue weighted by Crippen LogP contribution is -2.30. The zero-order valence-corrected chi connectivity index (χ0v) is 54.9. The Labute approximate surface area is 498 Å². The van der Waals surface area contributed by atoms with E-state index in [4.69, 9.17) is 37.0 Å². The summed E-state index contributed by atoms with van der Waals surface area (Å²) >= 11 is 0. The fraction of sp³-hybridized carbons (Fsp3) is 0.937. The quantitative estimate of drug-likeness (QED) is 0.0222. The van der Waals surface area contributed by atoms with Gasteiger partial charge in [-0.25, -0.2) is 9.13 Å². The molecule has 82 heavy (non-hydrogen) atoms. The zero-order chi connectivity index (χ0) is 61.1. The van der Waals surface area contributed by atoms with Crippen molar-refractivity contribution < 1.29 is 80.2 Å². The standard InChI is InChI=1S/C63H122O17P2/c1-9-55(7)41-33-25-19-21-28-36-44-61(66)74-50-58(79-62(67)45-37-29-18-14-12-16-24-32-40-54(5)6)51-77-81(69,70)75-47-57(64)48-76-82(71,72)78-52-59(80-63(68)46-38-30-22-20-26-34-42-56(8)10-2)49-73-60(65)43-35-27-17-13-11-15-23-31-39-53(3)4/h53-59,64H,9-52H2,1-8H3,(H,69,70)(H,71,72)/t55?,56?,57-,58+,59+/m0/s1. The first-order chi connectivity index (χ1) is 39.2. The summed E-state index contributed by atoms with van der Waals surface area (Å²) < 4.78 is 67.9. The van der Waals surface area contributed by atoms with Crippen LogP contribution in [0.3, 0.4) is 0 Å². The molecule has 0 aromatic rings. The van der Waals surface area contributed by atoms with E-state index in [1.807, 2.05) is 0 Å². The molecule has 0 aliphatic rings. The topological polar surface area (TPSA) is 237 Å². The summed E-state index contributed by atoms with van der Waals surface area (Å²) in [4.78, 5) is 72.1. The van der Waals surface area contributed by atoms with Crippen LogP contribution in [0.2, 0.25) is 0 Å². The third-order valence-electron chi connectivity index (χ3n) is 15.0. The highest BCUT2D eigenvalue weighted by atomic mass is 31.2. The van der Waals surface area contributed by atoms with Crippen molar-refractivity contribution in [3.05, 3.63) is 0 Å². The summed E-state index contributed by atoms with van der Waals surface area (Å²) in [5.41, 5.74) is 0. The van der Waals surface area contributed by atoms with Crippen LogP contribution in [0.4, 0.5) is 0 Å². The fourth-order valence-electron chi connectivity index (χ4n) is 9.19. The lowest BCUT2D eigenvalue weighted by Gasteiger charge is -2.21. The molecule has 0 spiro atoms. The number of esters is 4. The van der Waals surface area contributed by atoms with E-state index in [0.29, 0.717) is 25.7 Å². The zero-order valence-electron chi connectivity index (χ0n) is 53.1. The van der Waals surface area contributed by atoms with Crippen LogP contribution in [0.5, 0.6) is 0 Å². The summed E-state index contributed by atoms with van der Waals surface area (Å²) in [6.07, 6.45) is 32.2. The maximum atomic E-state index is 13.0. The van der Waals surface area contributed by atoms with Gasteiger partial charge in [-0.3, -0.25) is 37.3 Å². The summed E-state index contributed by atoms with van der Waals surface area (Å²) in [5.74, 6) is 0.751. The second-order valence-electron chi connectivity index (χ2n) is 24.2. The molecule has 0 saturated carbocycles. The molecule has 0 radical (unpaired) electrons. The SMILES string of the molecule is CCC(C)CCCCCCCCC(=O)OC[C@H](COP(=O)(O)OC[C@H](O)COP(=O)(O)OC[C@@H](COC(=O)CCCCCCCCCCC(C)C)OC(=O)CCCCCCCCC(C)CC)OC(=O)CCCCCCCCCCC(C)C. The fourth-order valence-corrected chi connectivity index (χ4v) is 10.8. The van der Waals surface area contributed by atoms with Crippen LogP contribution >= 0.6 is 15.6 Å². The highest BCUT2D eigenvalue weighted by molar-refractivity contribution is 7.47. The average molecular weight is 1210 g/mol. The van der Waals surface area contributed by atoms with Gasteiger partial charge in [0, 0.05) is 25.7 Å². The van der Waals surface area contributed by atoms with E-state index in [-0.39, 0.29) is 25.7 Å². The van der Waals surface area contributed by atoms with Crippen molar-refractivity contribution in [2.75, 3.05) is 39.6 Å². The Morgan fingerprint density at radius 1 is 0.341 bits per heavy atom. The van der Waals surface area contributed by atoms with Gasteiger partial charge in [0.2, 0.25) is 0 Å². The first-order valence-electron chi connectivity index (χ1n) is 32.8. The number of aliphatic hydroxyl groups excluding tert-OH is 1. The van der Waals surface area contributed by atoms with E-state index >= 15 is 0 Å². The number of ether oxygens (including phenoxy) is 4. The number of carbonyl (C=O) groups excluding carboxylic acids is 4. The van der Waals surface area contributed by atoms with Crippen molar-refractivity contribution in [3.8, 4) is 0 Å². The number of phosphoric acid groups is 2. The Bertz CT molecular complexity index is 1650. The van der Waals surface area contributed by atoms with Crippen LogP contribution in [0, 0.1) is 23.7 Å². The third-order valence-corrected chi connectivity index (χ3v) is 16.9. The molecule has 0 rings (SSSR count). The molecule has 0 aromatic carbocycles. The Morgan fingerprint density at radius 3 is 0.866 bits per heavy atom. The normalized spacial score (nSPS) is 15.1. The van der Waals surface area contributed by atoms with Crippen LogP contribution < -0.4 is 0 Å². The molecule has 17 nitrogen and oxygen atoms in total. The molecule has 0 fully saturated rings. The number of hydrogen-bond donors (Lipinski definition) is 3. The molecule has 486 valence electrons. The van der Waals surface area contributed by atoms with Crippen molar-refractivity contribution in [3.63, 3.8) is 0 Å². The third kappa shape index (κ3) is 54.7. The largest absolute Gasteiger partial charge is 0.472 e. The lowest BCUT2D eigenvalue weighted by atomic mass is 10.00. The number of rotatable bonds is 60. The van der Waals surface area contributed by atoms with Gasteiger partial charge in [-0.1, -0.05) is 248 Å². The van der Waals surface area contributed by atoms with Gasteiger partial charge in [0.25, 0.3) is 0 Å². The highest BCUT2D eigenvalue weighted by Crippen LogP contribution is 2.45. The number of phosphoric ester groups is 2. The number of hydrogen-bond acceptors (Lipinski definition) is 15. The van der Waals surface area contributed by atoms with Gasteiger partial charge >= 0.3 is 39.5 Å². The predicted molar refractivity (Wildman–Crippen MR) is 326 cm³/mol. The Morgan fingerprint density at radius 2 is 0.585 bits per heavy atom. The summed E-state index contributed by atoms with van der Waals surface area (Å²) in [6.45, 7) is 13.9. The van der Waals surface area contributed by atoms with Crippen LogP contribution in [-0.2, 0) is 65.4 Å². The molecule has 0 aromatic heterocycles. The molecule has 0 bridgehead atoms. The van der Waals surface area contributed by atoms with Crippen molar-refractivity contribution >= 4 is 39.5 Å². The summed E-state index contributed by atoms with van der Waals surface area (Å²) in [5, 5.41) is 10.5. The van der Waals surface area contributed by atoms with Gasteiger partial charge in [0.15, 0.2) is 12.2 Å². The van der Waals surface area contributed by atoms with Gasteiger partial charge in [0.05, 0.1) is 26.4 Å². The average Bonchev–Trinajstić information content (AvgIpc) is 3.44. The van der Waals surface area contributed by atoms with Crippen LogP contribution in [0.25, 0.3) is 0 Å². The lowest BCUT2D eigenvalue weighted by molar-refractivity contribution is -0.161. The molecule has 0 aliphatic carbocycles. The van der Waals surface area contributed by atoms with Crippen molar-refractivity contribution in [2.45, 2.75) is 318 Å². The van der Waals surface area contributed by atoms with E-state index in [2.05, 4.69) is 55.4 Å². The van der Waals surface area contributed by atoms with E-state index in [0.717, 1.165) is 120 Å². The van der Waals surface area contributed by atoms with Gasteiger partial charge in [0.1, 0.15) is 19.3 Å². The molecule has 7 atom stereocenters. The van der Waals surface area contributed by atoms with Crippen LogP contribution in [0.15, 0.2) is 0 Å². The minimum absolute atomic E-state index is 0.102. The van der Waals surface area contributed by atoms with Crippen molar-refractivity contribution in [1.29, 1.82) is 0 Å². The van der Waals surface area contributed by atoms with E-state index in [1.54, 1.807) is 0 Å². The Balaban J connectivity index is 5.26. The Hall–Kier alpha value is -1.94. The maximum Gasteiger partial charge on any atom is 0.472 e. The number of aliphatic hydroxyl groups is 1. The first kappa shape index (κ1) is 80.1. The predicted octanol–water partition coefficient (Wildman–Crippen LogP) is 17.0. The Kier molecular flexibility index (Phi) is 52.0. The molecular formula is C63H122O17P2. The molecule has 0 aliphatic heterocycles. The highest BCUT2D eigenvalue weighted by Gasteiger charge is 2.30.